The van der Waals surface area contributed by atoms with Gasteiger partial charge in [-0.15, -0.1) is 12.6 Å². The van der Waals surface area contributed by atoms with Crippen molar-refractivity contribution in [2.24, 2.45) is 0 Å². The molecule has 0 saturated carbocycles. The van der Waals surface area contributed by atoms with Gasteiger partial charge in [-0.25, -0.2) is 4.39 Å². The second kappa shape index (κ2) is 5.96. The number of hydrogen-bond acceptors (Lipinski definition) is 3. The van der Waals surface area contributed by atoms with Gasteiger partial charge in [0.1, 0.15) is 0 Å². The minimum Gasteiger partial charge on any atom is -0.494 e. The van der Waals surface area contributed by atoms with Gasteiger partial charge in [-0.2, -0.15) is 0 Å². The van der Waals surface area contributed by atoms with Gasteiger partial charge in [0.05, 0.1) is 7.11 Å². The number of methoxy groups -OCH3 is 1. The maximum atomic E-state index is 13.3. The van der Waals surface area contributed by atoms with Crippen LogP contribution < -0.4 is 10.1 Å². The van der Waals surface area contributed by atoms with Crippen molar-refractivity contribution in [1.82, 2.24) is 0 Å². The zero-order valence-electron chi connectivity index (χ0n) is 11.1. The molecule has 0 bridgehead atoms. The first-order valence-electron chi connectivity index (χ1n) is 5.96. The minimum atomic E-state index is -0.473. The van der Waals surface area contributed by atoms with Crippen LogP contribution in [-0.2, 0) is 0 Å². The fourth-order valence-corrected chi connectivity index (χ4v) is 1.99. The van der Waals surface area contributed by atoms with Gasteiger partial charge in [0.25, 0.3) is 5.91 Å². The number of nitrogens with one attached hydrogen (secondary N) is 1. The number of carbonyl (C=O) groups is 1. The smallest absolute Gasteiger partial charge is 0.255 e. The summed E-state index contributed by atoms with van der Waals surface area (Å²) < 4.78 is 18.2. The van der Waals surface area contributed by atoms with E-state index in [4.69, 9.17) is 4.74 Å². The van der Waals surface area contributed by atoms with Crippen molar-refractivity contribution in [3.8, 4) is 5.75 Å². The highest BCUT2D eigenvalue weighted by atomic mass is 32.1. The monoisotopic (exact) mass is 291 g/mol. The number of hydrogen-bond donors (Lipinski definition) is 2. The van der Waals surface area contributed by atoms with Crippen molar-refractivity contribution in [2.45, 2.75) is 11.8 Å². The Balaban J connectivity index is 2.25. The van der Waals surface area contributed by atoms with Crippen LogP contribution in [0.4, 0.5) is 10.1 Å². The third-order valence-electron chi connectivity index (χ3n) is 2.87. The predicted molar refractivity (Wildman–Crippen MR) is 79.3 cm³/mol. The van der Waals surface area contributed by atoms with Gasteiger partial charge in [0, 0.05) is 22.2 Å². The Kier molecular flexibility index (Phi) is 4.29. The number of amides is 1. The van der Waals surface area contributed by atoms with Crippen LogP contribution in [0.5, 0.6) is 5.75 Å². The van der Waals surface area contributed by atoms with Crippen molar-refractivity contribution in [1.29, 1.82) is 0 Å². The summed E-state index contributed by atoms with van der Waals surface area (Å²) in [6.45, 7) is 1.84. The van der Waals surface area contributed by atoms with Crippen LogP contribution in [0.15, 0.2) is 41.3 Å². The van der Waals surface area contributed by atoms with E-state index in [1.54, 1.807) is 6.07 Å². The summed E-state index contributed by atoms with van der Waals surface area (Å²) in [6, 6.07) is 9.49. The zero-order chi connectivity index (χ0) is 14.7. The first-order valence-corrected chi connectivity index (χ1v) is 6.40. The summed E-state index contributed by atoms with van der Waals surface area (Å²) >= 11 is 4.22. The number of benzene rings is 2. The molecule has 0 radical (unpaired) electrons. The van der Waals surface area contributed by atoms with E-state index in [1.165, 1.54) is 25.3 Å². The van der Waals surface area contributed by atoms with Gasteiger partial charge in [0.2, 0.25) is 0 Å². The van der Waals surface area contributed by atoms with Crippen molar-refractivity contribution < 1.29 is 13.9 Å². The SMILES string of the molecule is COc1cc(NC(=O)c2cc(S)ccc2C)ccc1F. The fourth-order valence-electron chi connectivity index (χ4n) is 1.79. The highest BCUT2D eigenvalue weighted by molar-refractivity contribution is 7.80. The maximum absolute atomic E-state index is 13.3. The van der Waals surface area contributed by atoms with E-state index in [0.29, 0.717) is 16.1 Å². The molecule has 104 valence electrons. The molecule has 2 rings (SSSR count). The normalized spacial score (nSPS) is 10.2. The van der Waals surface area contributed by atoms with Gasteiger partial charge in [0.15, 0.2) is 11.6 Å². The van der Waals surface area contributed by atoms with Crippen LogP contribution in [0, 0.1) is 12.7 Å². The third kappa shape index (κ3) is 3.11. The molecule has 0 aromatic heterocycles. The molecular formula is C15H14FNO2S. The van der Waals surface area contributed by atoms with Crippen LogP contribution in [0.25, 0.3) is 0 Å². The molecule has 5 heteroatoms. The fraction of sp³-hybridized carbons (Fsp3) is 0.133. The number of rotatable bonds is 3. The largest absolute Gasteiger partial charge is 0.494 e. The first-order chi connectivity index (χ1) is 9.51. The third-order valence-corrected chi connectivity index (χ3v) is 3.15. The lowest BCUT2D eigenvalue weighted by Gasteiger charge is -2.10. The Labute approximate surface area is 122 Å². The standard InChI is InChI=1S/C15H14FNO2S/c1-9-3-5-11(20)8-12(9)15(18)17-10-4-6-13(16)14(7-10)19-2/h3-8,20H,1-2H3,(H,17,18). The molecule has 0 aliphatic rings. The number of thiol groups is 1. The Morgan fingerprint density at radius 2 is 2.00 bits per heavy atom. The van der Waals surface area contributed by atoms with E-state index < -0.39 is 5.82 Å². The lowest BCUT2D eigenvalue weighted by molar-refractivity contribution is 0.102. The Morgan fingerprint density at radius 1 is 1.25 bits per heavy atom. The lowest BCUT2D eigenvalue weighted by Crippen LogP contribution is -2.13. The molecule has 0 unspecified atom stereocenters. The molecule has 0 aliphatic carbocycles. The van der Waals surface area contributed by atoms with E-state index in [9.17, 15) is 9.18 Å². The van der Waals surface area contributed by atoms with E-state index in [-0.39, 0.29) is 11.7 Å². The Hall–Kier alpha value is -2.01. The molecule has 0 spiro atoms. The Bertz CT molecular complexity index is 658. The predicted octanol–water partition coefficient (Wildman–Crippen LogP) is 3.68. The lowest BCUT2D eigenvalue weighted by atomic mass is 10.1. The van der Waals surface area contributed by atoms with Crippen LogP contribution in [-0.4, -0.2) is 13.0 Å². The van der Waals surface area contributed by atoms with Crippen LogP contribution in [0.2, 0.25) is 0 Å². The van der Waals surface area contributed by atoms with Gasteiger partial charge in [-0.3, -0.25) is 4.79 Å². The highest BCUT2D eigenvalue weighted by Gasteiger charge is 2.11. The number of ether oxygens (including phenoxy) is 1. The average molecular weight is 291 g/mol. The van der Waals surface area contributed by atoms with E-state index >= 15 is 0 Å². The van der Waals surface area contributed by atoms with Crippen molar-refractivity contribution in [3.05, 3.63) is 53.3 Å². The van der Waals surface area contributed by atoms with Crippen LogP contribution in [0.3, 0.4) is 0 Å². The first kappa shape index (κ1) is 14.4. The molecule has 0 heterocycles. The summed E-state index contributed by atoms with van der Waals surface area (Å²) in [5, 5.41) is 2.71. The summed E-state index contributed by atoms with van der Waals surface area (Å²) in [6.07, 6.45) is 0. The quantitative estimate of drug-likeness (QED) is 0.847. The molecule has 1 amide bonds. The Morgan fingerprint density at radius 3 is 2.70 bits per heavy atom. The van der Waals surface area contributed by atoms with Gasteiger partial charge in [-0.05, 0) is 36.8 Å². The van der Waals surface area contributed by atoms with E-state index in [2.05, 4.69) is 17.9 Å². The zero-order valence-corrected chi connectivity index (χ0v) is 12.0. The number of carbonyl (C=O) groups excluding carboxylic acids is 1. The van der Waals surface area contributed by atoms with Crippen molar-refractivity contribution in [3.63, 3.8) is 0 Å². The number of anilines is 1. The molecule has 0 fully saturated rings. The van der Waals surface area contributed by atoms with Crippen molar-refractivity contribution >= 4 is 24.2 Å². The van der Waals surface area contributed by atoms with Gasteiger partial charge in [-0.1, -0.05) is 6.07 Å². The van der Waals surface area contributed by atoms with Crippen LogP contribution in [0.1, 0.15) is 15.9 Å². The molecule has 3 nitrogen and oxygen atoms in total. The molecule has 2 aromatic rings. The summed E-state index contributed by atoms with van der Waals surface area (Å²) in [7, 11) is 1.37. The second-order valence-electron chi connectivity index (χ2n) is 4.30. The maximum Gasteiger partial charge on any atom is 0.255 e. The molecule has 1 N–H and O–H groups in total. The molecule has 0 atom stereocenters. The van der Waals surface area contributed by atoms with E-state index in [0.717, 1.165) is 5.56 Å². The molecule has 20 heavy (non-hydrogen) atoms. The summed E-state index contributed by atoms with van der Waals surface area (Å²) in [5.41, 5.74) is 1.84. The van der Waals surface area contributed by atoms with Gasteiger partial charge < -0.3 is 10.1 Å². The summed E-state index contributed by atoms with van der Waals surface area (Å²) in [5.74, 6) is -0.659. The average Bonchev–Trinajstić information content (AvgIpc) is 2.43. The minimum absolute atomic E-state index is 0.0856. The highest BCUT2D eigenvalue weighted by Crippen LogP contribution is 2.22. The molecule has 2 aromatic carbocycles. The van der Waals surface area contributed by atoms with Gasteiger partial charge >= 0.3 is 0 Å². The number of halogens is 1. The molecule has 0 aliphatic heterocycles. The van der Waals surface area contributed by atoms with E-state index in [1.807, 2.05) is 19.1 Å². The topological polar surface area (TPSA) is 38.3 Å². The second-order valence-corrected chi connectivity index (χ2v) is 4.82. The summed E-state index contributed by atoms with van der Waals surface area (Å²) in [4.78, 5) is 12.9. The van der Waals surface area contributed by atoms with Crippen molar-refractivity contribution in [2.75, 3.05) is 12.4 Å². The molecular weight excluding hydrogens is 277 g/mol. The van der Waals surface area contributed by atoms with Crippen LogP contribution >= 0.6 is 12.6 Å². The number of aryl methyl sites for hydroxylation is 1. The molecule has 0 saturated heterocycles.